The highest BCUT2D eigenvalue weighted by Gasteiger charge is 2.35. The Morgan fingerprint density at radius 1 is 0.525 bits per heavy atom. The normalized spacial score (nSPS) is 12.8. The summed E-state index contributed by atoms with van der Waals surface area (Å²) in [5, 5.41) is 3.07. The van der Waals surface area contributed by atoms with Crippen LogP contribution in [0.5, 0.6) is 11.5 Å². The summed E-state index contributed by atoms with van der Waals surface area (Å²) in [6, 6.07) is 41.0. The molecule has 0 heterocycles. The first-order chi connectivity index (χ1) is 19.5. The molecule has 0 unspecified atom stereocenters. The molecule has 0 saturated heterocycles. The van der Waals surface area contributed by atoms with Crippen molar-refractivity contribution in [2.45, 2.75) is 6.61 Å². The Labute approximate surface area is 235 Å². The van der Waals surface area contributed by atoms with Crippen molar-refractivity contribution in [2.24, 2.45) is 0 Å². The lowest BCUT2D eigenvalue weighted by atomic mass is 10.2. The summed E-state index contributed by atoms with van der Waals surface area (Å²) >= 11 is 0. The van der Waals surface area contributed by atoms with Crippen LogP contribution in [0.4, 0.5) is 0 Å². The van der Waals surface area contributed by atoms with Crippen LogP contribution in [-0.2, 0) is 20.3 Å². The predicted molar refractivity (Wildman–Crippen MR) is 163 cm³/mol. The quantitative estimate of drug-likeness (QED) is 0.200. The standard InChI is InChI=1S/C33H30O5P2/c1-36-29-20-10-13-23-32(29)40(35,37-2)33-24-14-11-21-30(33)38-25-26-15-9-12-22-31(26)39(34,27-16-5-3-6-17-27)28-18-7-4-8-19-28/h3-24H,25H2,1-2H3/t40-/m1/s1. The lowest BCUT2D eigenvalue weighted by molar-refractivity contribution is 0.308. The van der Waals surface area contributed by atoms with Crippen molar-refractivity contribution in [1.82, 2.24) is 0 Å². The zero-order valence-electron chi connectivity index (χ0n) is 22.3. The van der Waals surface area contributed by atoms with E-state index in [2.05, 4.69) is 0 Å². The van der Waals surface area contributed by atoms with Crippen molar-refractivity contribution in [2.75, 3.05) is 14.2 Å². The van der Waals surface area contributed by atoms with E-state index in [1.165, 1.54) is 14.2 Å². The summed E-state index contributed by atoms with van der Waals surface area (Å²) < 4.78 is 47.0. The second kappa shape index (κ2) is 12.1. The predicted octanol–water partition coefficient (Wildman–Crippen LogP) is 5.79. The molecule has 0 spiro atoms. The lowest BCUT2D eigenvalue weighted by Gasteiger charge is -2.24. The molecular weight excluding hydrogens is 538 g/mol. The molecule has 0 aliphatic heterocycles. The van der Waals surface area contributed by atoms with Crippen molar-refractivity contribution in [3.63, 3.8) is 0 Å². The van der Waals surface area contributed by atoms with Gasteiger partial charge >= 0.3 is 0 Å². The average molecular weight is 569 g/mol. The fraction of sp³-hybridized carbons (Fsp3) is 0.0909. The van der Waals surface area contributed by atoms with Gasteiger partial charge in [0, 0.05) is 28.6 Å². The molecule has 0 radical (unpaired) electrons. The molecule has 0 fully saturated rings. The number of ether oxygens (including phenoxy) is 2. The first-order valence-corrected chi connectivity index (χ1v) is 16.2. The zero-order valence-corrected chi connectivity index (χ0v) is 24.1. The Morgan fingerprint density at radius 3 is 1.52 bits per heavy atom. The van der Waals surface area contributed by atoms with E-state index < -0.39 is 14.5 Å². The van der Waals surface area contributed by atoms with Gasteiger partial charge in [0.1, 0.15) is 18.1 Å². The van der Waals surface area contributed by atoms with Crippen molar-refractivity contribution in [1.29, 1.82) is 0 Å². The highest BCUT2D eigenvalue weighted by atomic mass is 31.2. The first kappa shape index (κ1) is 27.7. The summed E-state index contributed by atoms with van der Waals surface area (Å²) in [6.07, 6.45) is 0. The molecule has 0 aliphatic carbocycles. The maximum absolute atomic E-state index is 15.0. The number of rotatable bonds is 10. The van der Waals surface area contributed by atoms with Crippen LogP contribution >= 0.6 is 14.5 Å². The van der Waals surface area contributed by atoms with Crippen LogP contribution in [0.15, 0.2) is 133 Å². The zero-order chi connectivity index (χ0) is 28.0. The van der Waals surface area contributed by atoms with E-state index in [1.807, 2.05) is 97.1 Å². The molecule has 202 valence electrons. The summed E-state index contributed by atoms with van der Waals surface area (Å²) in [5.41, 5.74) is 0.776. The molecular formula is C33H30O5P2. The monoisotopic (exact) mass is 568 g/mol. The van der Waals surface area contributed by atoms with Gasteiger partial charge in [0.25, 0.3) is 7.37 Å². The fourth-order valence-corrected chi connectivity index (χ4v) is 9.80. The molecule has 40 heavy (non-hydrogen) atoms. The van der Waals surface area contributed by atoms with Crippen molar-refractivity contribution >= 4 is 41.0 Å². The second-order valence-corrected chi connectivity index (χ2v) is 14.2. The van der Waals surface area contributed by atoms with Gasteiger partial charge in [0.15, 0.2) is 7.14 Å². The van der Waals surface area contributed by atoms with Gasteiger partial charge in [0.2, 0.25) is 0 Å². The molecule has 0 amide bonds. The number of hydrogen-bond acceptors (Lipinski definition) is 5. The molecule has 7 heteroatoms. The maximum Gasteiger partial charge on any atom is 0.268 e. The molecule has 5 aromatic rings. The van der Waals surface area contributed by atoms with E-state index in [4.69, 9.17) is 14.0 Å². The van der Waals surface area contributed by atoms with Crippen LogP contribution in [0.25, 0.3) is 0 Å². The van der Waals surface area contributed by atoms with Gasteiger partial charge in [-0.3, -0.25) is 4.57 Å². The largest absolute Gasteiger partial charge is 0.496 e. The maximum atomic E-state index is 15.0. The van der Waals surface area contributed by atoms with Gasteiger partial charge in [-0.2, -0.15) is 0 Å². The molecule has 0 saturated carbocycles. The summed E-state index contributed by atoms with van der Waals surface area (Å²) in [7, 11) is -3.82. The second-order valence-electron chi connectivity index (χ2n) is 9.07. The van der Waals surface area contributed by atoms with E-state index in [0.717, 1.165) is 16.2 Å². The van der Waals surface area contributed by atoms with Crippen LogP contribution in [0, 0.1) is 0 Å². The smallest absolute Gasteiger partial charge is 0.268 e. The van der Waals surface area contributed by atoms with Crippen LogP contribution in [0.2, 0.25) is 0 Å². The molecule has 0 bridgehead atoms. The summed E-state index contributed by atoms with van der Waals surface area (Å²) in [4.78, 5) is 0. The highest BCUT2D eigenvalue weighted by Crippen LogP contribution is 2.49. The minimum absolute atomic E-state index is 0.118. The van der Waals surface area contributed by atoms with Crippen molar-refractivity contribution < 1.29 is 23.1 Å². The molecule has 5 rings (SSSR count). The van der Waals surface area contributed by atoms with Gasteiger partial charge in [-0.05, 0) is 24.3 Å². The van der Waals surface area contributed by atoms with Crippen molar-refractivity contribution in [3.8, 4) is 11.5 Å². The van der Waals surface area contributed by atoms with Crippen LogP contribution in [0.1, 0.15) is 5.56 Å². The minimum Gasteiger partial charge on any atom is -0.496 e. The van der Waals surface area contributed by atoms with E-state index in [1.54, 1.807) is 36.4 Å². The number of benzene rings is 5. The number of methoxy groups -OCH3 is 1. The number of para-hydroxylation sites is 2. The van der Waals surface area contributed by atoms with Crippen molar-refractivity contribution in [3.05, 3.63) is 139 Å². The molecule has 5 aromatic carbocycles. The Kier molecular flexibility index (Phi) is 8.38. The van der Waals surface area contributed by atoms with E-state index in [9.17, 15) is 4.57 Å². The van der Waals surface area contributed by atoms with Gasteiger partial charge in [-0.1, -0.05) is 109 Å². The molecule has 0 aromatic heterocycles. The van der Waals surface area contributed by atoms with E-state index >= 15 is 4.57 Å². The fourth-order valence-electron chi connectivity index (χ4n) is 4.82. The third-order valence-electron chi connectivity index (χ3n) is 6.80. The van der Waals surface area contributed by atoms with Gasteiger partial charge in [-0.15, -0.1) is 0 Å². The Bertz CT molecular complexity index is 1640. The Hall–Kier alpha value is -3.88. The molecule has 0 aliphatic rings. The third kappa shape index (κ3) is 5.17. The average Bonchev–Trinajstić information content (AvgIpc) is 3.04. The van der Waals surface area contributed by atoms with Gasteiger partial charge in [-0.25, -0.2) is 0 Å². The summed E-state index contributed by atoms with van der Waals surface area (Å²) in [5.74, 6) is 0.891. The Balaban J connectivity index is 1.57. The third-order valence-corrected chi connectivity index (χ3v) is 12.5. The van der Waals surface area contributed by atoms with Crippen LogP contribution in [0.3, 0.4) is 0 Å². The Morgan fingerprint density at radius 2 is 0.975 bits per heavy atom. The highest BCUT2D eigenvalue weighted by molar-refractivity contribution is 7.85. The lowest BCUT2D eigenvalue weighted by Crippen LogP contribution is -2.28. The SMILES string of the molecule is COc1ccccc1[P@@](=O)(OC)c1ccccc1OCc1ccccc1P(=O)(c1ccccc1)c1ccccc1. The molecule has 0 N–H and O–H groups in total. The topological polar surface area (TPSA) is 61.8 Å². The molecule has 1 atom stereocenters. The molecule has 5 nitrogen and oxygen atoms in total. The van der Waals surface area contributed by atoms with Crippen LogP contribution < -0.4 is 36.0 Å². The summed E-state index contributed by atoms with van der Waals surface area (Å²) in [6.45, 7) is 0.118. The first-order valence-electron chi connectivity index (χ1n) is 12.8. The number of hydrogen-bond donors (Lipinski definition) is 0. The van der Waals surface area contributed by atoms with Gasteiger partial charge < -0.3 is 18.6 Å². The van der Waals surface area contributed by atoms with E-state index in [0.29, 0.717) is 27.4 Å². The van der Waals surface area contributed by atoms with Gasteiger partial charge in [0.05, 0.1) is 17.7 Å². The van der Waals surface area contributed by atoms with Crippen LogP contribution in [-0.4, -0.2) is 14.2 Å². The minimum atomic E-state index is -3.56. The van der Waals surface area contributed by atoms with E-state index in [-0.39, 0.29) is 6.61 Å².